The molecule has 0 spiro atoms. The number of aromatic nitrogens is 4. The van der Waals surface area contributed by atoms with Gasteiger partial charge < -0.3 is 4.74 Å². The fourth-order valence-electron chi connectivity index (χ4n) is 7.63. The van der Waals surface area contributed by atoms with Gasteiger partial charge in [-0.15, -0.1) is 0 Å². The van der Waals surface area contributed by atoms with Crippen LogP contribution >= 0.6 is 0 Å². The second-order valence-corrected chi connectivity index (χ2v) is 14.9. The Bertz CT molecular complexity index is 2810. The van der Waals surface area contributed by atoms with Crippen LogP contribution in [0, 0.1) is 0 Å². The second-order valence-electron chi connectivity index (χ2n) is 14.9. The van der Waals surface area contributed by atoms with Gasteiger partial charge in [-0.3, -0.25) is 0 Å². The van der Waals surface area contributed by atoms with E-state index in [9.17, 15) is 0 Å². The molecule has 0 N–H and O–H groups in total. The van der Waals surface area contributed by atoms with Crippen LogP contribution in [0.1, 0.15) is 0 Å². The van der Waals surface area contributed by atoms with E-state index >= 15 is 0 Å². The van der Waals surface area contributed by atoms with Crippen LogP contribution in [0.15, 0.2) is 256 Å². The highest BCUT2D eigenvalue weighted by Crippen LogP contribution is 2.25. The van der Waals surface area contributed by atoms with E-state index in [1.54, 1.807) is 0 Å². The molecular formula is C56H42N4O+4. The monoisotopic (exact) mass is 786 g/mol. The maximum Gasteiger partial charge on any atom is 0.211 e. The fraction of sp³-hybridized carbons (Fsp3) is 0. The highest BCUT2D eigenvalue weighted by Gasteiger charge is 2.14. The van der Waals surface area contributed by atoms with Crippen LogP contribution in [-0.2, 0) is 0 Å². The van der Waals surface area contributed by atoms with Crippen molar-refractivity contribution >= 4 is 0 Å². The molecular weight excluding hydrogens is 745 g/mol. The van der Waals surface area contributed by atoms with Gasteiger partial charge in [0.25, 0.3) is 0 Å². The molecule has 0 unspecified atom stereocenters. The van der Waals surface area contributed by atoms with Crippen molar-refractivity contribution in [1.29, 1.82) is 0 Å². The molecule has 5 nitrogen and oxygen atoms in total. The molecule has 61 heavy (non-hydrogen) atoms. The first kappa shape index (κ1) is 37.0. The van der Waals surface area contributed by atoms with E-state index in [1.165, 1.54) is 22.3 Å². The molecule has 0 fully saturated rings. The number of rotatable bonds is 10. The highest BCUT2D eigenvalue weighted by atomic mass is 16.5. The number of pyridine rings is 4. The molecule has 5 heteroatoms. The summed E-state index contributed by atoms with van der Waals surface area (Å²) in [5, 5.41) is 0. The molecule has 0 saturated carbocycles. The molecule has 0 aliphatic carbocycles. The molecule has 0 radical (unpaired) electrons. The Kier molecular flexibility index (Phi) is 10.3. The molecule has 0 atom stereocenters. The first-order valence-electron chi connectivity index (χ1n) is 20.5. The van der Waals surface area contributed by atoms with Gasteiger partial charge in [0.15, 0.2) is 49.6 Å². The highest BCUT2D eigenvalue weighted by molar-refractivity contribution is 5.66. The van der Waals surface area contributed by atoms with Crippen LogP contribution in [0.4, 0.5) is 0 Å². The van der Waals surface area contributed by atoms with Crippen LogP contribution in [0.2, 0.25) is 0 Å². The lowest BCUT2D eigenvalue weighted by atomic mass is 10.1. The molecule has 10 aromatic rings. The molecule has 4 heterocycles. The number of benzene rings is 6. The summed E-state index contributed by atoms with van der Waals surface area (Å²) in [6.07, 6.45) is 16.9. The Balaban J connectivity index is 0.749. The van der Waals surface area contributed by atoms with Crippen molar-refractivity contribution in [2.45, 2.75) is 0 Å². The quantitative estimate of drug-likeness (QED) is 0.127. The van der Waals surface area contributed by atoms with Crippen molar-refractivity contribution in [3.63, 3.8) is 0 Å². The molecule has 0 bridgehead atoms. The second kappa shape index (κ2) is 16.9. The molecule has 4 aromatic heterocycles. The molecule has 6 aromatic carbocycles. The van der Waals surface area contributed by atoms with Gasteiger partial charge in [0, 0.05) is 97.1 Å². The Hall–Kier alpha value is -8.28. The summed E-state index contributed by atoms with van der Waals surface area (Å²) in [6.45, 7) is 0. The first-order valence-corrected chi connectivity index (χ1v) is 20.5. The lowest BCUT2D eigenvalue weighted by molar-refractivity contribution is -0.596. The zero-order valence-corrected chi connectivity index (χ0v) is 33.4. The Labute approximate surface area is 356 Å². The van der Waals surface area contributed by atoms with Crippen LogP contribution < -0.4 is 23.0 Å². The zero-order chi connectivity index (χ0) is 40.8. The standard InChI is InChI=1S/C56H42N4O/c1-3-9-43(10-4-1)49-13-7-15-53(41-49)59-37-29-47(30-38-59)45-25-33-57(34-26-45)51-17-21-55(22-18-51)61-56-23-19-52(20-24-56)58-35-27-46(28-36-58)48-31-39-60(40-32-48)54-16-8-14-50(42-54)44-11-5-2-6-12-44/h1-42H/q+4. The maximum atomic E-state index is 6.23. The van der Waals surface area contributed by atoms with Gasteiger partial charge in [-0.1, -0.05) is 84.9 Å². The number of hydrogen-bond acceptors (Lipinski definition) is 1. The van der Waals surface area contributed by atoms with Crippen molar-refractivity contribution in [2.24, 2.45) is 0 Å². The topological polar surface area (TPSA) is 24.8 Å². The minimum atomic E-state index is 0.783. The van der Waals surface area contributed by atoms with Gasteiger partial charge in [0.1, 0.15) is 11.5 Å². The lowest BCUT2D eigenvalue weighted by Gasteiger charge is -2.06. The van der Waals surface area contributed by atoms with Gasteiger partial charge in [-0.2, -0.15) is 18.3 Å². The van der Waals surface area contributed by atoms with Gasteiger partial charge >= 0.3 is 0 Å². The lowest BCUT2D eigenvalue weighted by Crippen LogP contribution is -2.29. The average molecular weight is 787 g/mol. The van der Waals surface area contributed by atoms with Crippen molar-refractivity contribution in [3.05, 3.63) is 256 Å². The van der Waals surface area contributed by atoms with Gasteiger partial charge in [0.05, 0.1) is 0 Å². The Morgan fingerprint density at radius 3 is 0.820 bits per heavy atom. The third-order valence-electron chi connectivity index (χ3n) is 11.0. The first-order chi connectivity index (χ1) is 30.2. The smallest absolute Gasteiger partial charge is 0.211 e. The van der Waals surface area contributed by atoms with E-state index in [-0.39, 0.29) is 0 Å². The van der Waals surface area contributed by atoms with Crippen molar-refractivity contribution < 1.29 is 23.0 Å². The molecule has 0 aliphatic heterocycles. The SMILES string of the molecule is c1ccc(-c2cccc(-[n+]3ccc(-c4cc[n+](-c5ccc(Oc6ccc(-[n+]7ccc(-c8cc[n+](-c9cccc(-c%10ccccc%10)c9)cc8)cc7)cc6)cc5)cc4)cc3)c2)cc1. The summed E-state index contributed by atoms with van der Waals surface area (Å²) in [7, 11) is 0. The normalized spacial score (nSPS) is 11.0. The van der Waals surface area contributed by atoms with Gasteiger partial charge in [-0.05, 0) is 68.8 Å². The van der Waals surface area contributed by atoms with Crippen molar-refractivity contribution in [2.75, 3.05) is 0 Å². The Morgan fingerprint density at radius 2 is 0.492 bits per heavy atom. The predicted molar refractivity (Wildman–Crippen MR) is 241 cm³/mol. The molecule has 0 saturated heterocycles. The maximum absolute atomic E-state index is 6.23. The fourth-order valence-corrected chi connectivity index (χ4v) is 7.63. The van der Waals surface area contributed by atoms with E-state index < -0.39 is 0 Å². The van der Waals surface area contributed by atoms with E-state index in [0.717, 1.165) is 56.5 Å². The summed E-state index contributed by atoms with van der Waals surface area (Å²) >= 11 is 0. The van der Waals surface area contributed by atoms with Crippen LogP contribution in [0.25, 0.3) is 67.3 Å². The van der Waals surface area contributed by atoms with Crippen LogP contribution in [-0.4, -0.2) is 0 Å². The Morgan fingerprint density at radius 1 is 0.213 bits per heavy atom. The molecule has 10 rings (SSSR count). The van der Waals surface area contributed by atoms with Gasteiger partial charge in [-0.25, -0.2) is 0 Å². The average Bonchev–Trinajstić information content (AvgIpc) is 3.35. The van der Waals surface area contributed by atoms with Crippen molar-refractivity contribution in [1.82, 2.24) is 0 Å². The minimum Gasteiger partial charge on any atom is -0.457 e. The number of ether oxygens (including phenoxy) is 1. The summed E-state index contributed by atoms with van der Waals surface area (Å²) in [5.74, 6) is 1.57. The van der Waals surface area contributed by atoms with Crippen LogP contribution in [0.5, 0.6) is 11.5 Å². The predicted octanol–water partition coefficient (Wildman–Crippen LogP) is 11.3. The van der Waals surface area contributed by atoms with Crippen LogP contribution in [0.3, 0.4) is 0 Å². The molecule has 0 amide bonds. The van der Waals surface area contributed by atoms with E-state index in [2.05, 4.69) is 238 Å². The number of hydrogen-bond donors (Lipinski definition) is 0. The summed E-state index contributed by atoms with van der Waals surface area (Å²) in [6, 6.07) is 71.8. The zero-order valence-electron chi connectivity index (χ0n) is 33.4. The summed E-state index contributed by atoms with van der Waals surface area (Å²) in [5.41, 5.74) is 13.8. The van der Waals surface area contributed by atoms with E-state index in [4.69, 9.17) is 4.74 Å². The minimum absolute atomic E-state index is 0.783. The summed E-state index contributed by atoms with van der Waals surface area (Å²) < 4.78 is 14.8. The van der Waals surface area contributed by atoms with Gasteiger partial charge in [0.2, 0.25) is 22.7 Å². The third-order valence-corrected chi connectivity index (χ3v) is 11.0. The third kappa shape index (κ3) is 8.35. The molecule has 0 aliphatic rings. The van der Waals surface area contributed by atoms with E-state index in [1.807, 2.05) is 36.4 Å². The van der Waals surface area contributed by atoms with E-state index in [0.29, 0.717) is 0 Å². The summed E-state index contributed by atoms with van der Waals surface area (Å²) in [4.78, 5) is 0. The largest absolute Gasteiger partial charge is 0.457 e. The van der Waals surface area contributed by atoms with Crippen molar-refractivity contribution in [3.8, 4) is 78.8 Å². The number of nitrogens with zero attached hydrogens (tertiary/aromatic N) is 4. The molecule has 288 valence electrons.